The fraction of sp³-hybridized carbons (Fsp3) is 0.455. The topological polar surface area (TPSA) is 238 Å². The zero-order valence-corrected chi connectivity index (χ0v) is 27.0. The smallest absolute Gasteiger partial charge is 0.335 e. The van der Waals surface area contributed by atoms with Gasteiger partial charge >= 0.3 is 11.9 Å². The van der Waals surface area contributed by atoms with Crippen LogP contribution in [-0.2, 0) is 14.3 Å². The second-order valence-corrected chi connectivity index (χ2v) is 10.00. The molecule has 16 heteroatoms. The van der Waals surface area contributed by atoms with Gasteiger partial charge in [0.15, 0.2) is 11.5 Å². The molecule has 0 atom stereocenters. The van der Waals surface area contributed by atoms with Crippen LogP contribution in [0.25, 0.3) is 4.85 Å². The van der Waals surface area contributed by atoms with Gasteiger partial charge < -0.3 is 41.6 Å². The molecule has 274 valence electrons. The summed E-state index contributed by atoms with van der Waals surface area (Å²) < 4.78 is 4.51. The van der Waals surface area contributed by atoms with Crippen molar-refractivity contribution >= 4 is 35.3 Å². The van der Waals surface area contributed by atoms with Crippen molar-refractivity contribution in [3.05, 3.63) is 76.6 Å². The summed E-state index contributed by atoms with van der Waals surface area (Å²) >= 11 is 0. The molecule has 0 saturated heterocycles. The summed E-state index contributed by atoms with van der Waals surface area (Å²) in [5.41, 5.74) is 14.1. The van der Waals surface area contributed by atoms with E-state index in [2.05, 4.69) is 25.0 Å². The van der Waals surface area contributed by atoms with E-state index in [1.165, 1.54) is 31.4 Å². The van der Waals surface area contributed by atoms with Gasteiger partial charge in [0.25, 0.3) is 5.91 Å². The number of esters is 1. The lowest BCUT2D eigenvalue weighted by Crippen LogP contribution is -2.33. The molecule has 2 aromatic carbocycles. The van der Waals surface area contributed by atoms with Gasteiger partial charge in [-0.25, -0.2) is 15.1 Å². The first-order valence-electron chi connectivity index (χ1n) is 14.6. The number of oxime groups is 1. The van der Waals surface area contributed by atoms with Crippen LogP contribution in [0.15, 0.2) is 53.7 Å². The van der Waals surface area contributed by atoms with Gasteiger partial charge in [-0.15, -0.1) is 0 Å². The number of amides is 2. The van der Waals surface area contributed by atoms with Gasteiger partial charge in [-0.3, -0.25) is 19.6 Å². The van der Waals surface area contributed by atoms with Crippen LogP contribution < -0.4 is 22.3 Å². The zero-order valence-electron chi connectivity index (χ0n) is 27.0. The van der Waals surface area contributed by atoms with E-state index in [4.69, 9.17) is 33.6 Å². The molecule has 16 nitrogen and oxygen atoms in total. The van der Waals surface area contributed by atoms with Gasteiger partial charge in [0, 0.05) is 50.1 Å². The number of amidine groups is 1. The van der Waals surface area contributed by atoms with Gasteiger partial charge in [-0.05, 0) is 52.2 Å². The number of carboxylic acid groups (broad SMARTS) is 1. The number of hydroxylamine groups is 1. The fourth-order valence-electron chi connectivity index (χ4n) is 3.60. The van der Waals surface area contributed by atoms with Crippen LogP contribution in [-0.4, -0.2) is 115 Å². The van der Waals surface area contributed by atoms with E-state index in [9.17, 15) is 19.2 Å². The Morgan fingerprint density at radius 2 is 1.39 bits per heavy atom. The summed E-state index contributed by atoms with van der Waals surface area (Å²) in [5, 5.41) is 31.1. The molecule has 0 unspecified atom stereocenters. The van der Waals surface area contributed by atoms with Crippen LogP contribution in [0.2, 0.25) is 0 Å². The van der Waals surface area contributed by atoms with Gasteiger partial charge in [-0.1, -0.05) is 56.4 Å². The van der Waals surface area contributed by atoms with Gasteiger partial charge in [0.1, 0.15) is 0 Å². The molecule has 0 fully saturated rings. The number of hydrogen-bond acceptors (Lipinski definition) is 11. The van der Waals surface area contributed by atoms with Crippen LogP contribution in [0.5, 0.6) is 0 Å². The lowest BCUT2D eigenvalue weighted by Gasteiger charge is -2.16. The van der Waals surface area contributed by atoms with E-state index in [0.29, 0.717) is 55.8 Å². The van der Waals surface area contributed by atoms with Crippen molar-refractivity contribution in [2.24, 2.45) is 16.6 Å². The summed E-state index contributed by atoms with van der Waals surface area (Å²) in [6, 6.07) is 12.2. The Balaban J connectivity index is -0.000000712. The number of hydrogen-bond donors (Lipinski definition) is 7. The van der Waals surface area contributed by atoms with E-state index in [-0.39, 0.29) is 44.5 Å². The van der Waals surface area contributed by atoms with E-state index < -0.39 is 11.9 Å². The number of likely N-dealkylation sites (N-methyl/N-ethyl adjacent to an activating group) is 2. The van der Waals surface area contributed by atoms with Crippen LogP contribution in [0, 0.1) is 6.57 Å². The SMILES string of the molecule is C.C.CN(CCCC(=O)NO)CCNC(=O)c1ccc(/C(N)=N/O)cc1.COC(=O)CCCN(C)CCN.[C-]#[N+]c1ccc(C(=O)O)cc1. The Hall–Kier alpha value is -5.08. The number of rotatable bonds is 16. The van der Waals surface area contributed by atoms with Gasteiger partial charge in [0.2, 0.25) is 5.91 Å². The van der Waals surface area contributed by atoms with Crippen molar-refractivity contribution in [3.8, 4) is 0 Å². The second-order valence-electron chi connectivity index (χ2n) is 10.00. The molecule has 0 saturated carbocycles. The van der Waals surface area contributed by atoms with Crippen LogP contribution in [0.4, 0.5) is 5.69 Å². The molecule has 0 bridgehead atoms. The molecule has 0 radical (unpaired) electrons. The van der Waals surface area contributed by atoms with Crippen LogP contribution in [0.3, 0.4) is 0 Å². The summed E-state index contributed by atoms with van der Waals surface area (Å²) in [6.45, 7) is 10.8. The van der Waals surface area contributed by atoms with Crippen molar-refractivity contribution in [1.29, 1.82) is 0 Å². The maximum atomic E-state index is 12.0. The molecule has 2 amide bonds. The molecule has 49 heavy (non-hydrogen) atoms. The van der Waals surface area contributed by atoms with Crippen LogP contribution >= 0.6 is 0 Å². The Labute approximate surface area is 289 Å². The Bertz CT molecular complexity index is 1300. The maximum absolute atomic E-state index is 12.0. The predicted octanol–water partition coefficient (Wildman–Crippen LogP) is 2.77. The summed E-state index contributed by atoms with van der Waals surface area (Å²) in [5.74, 6) is -1.75. The highest BCUT2D eigenvalue weighted by Gasteiger charge is 2.08. The number of nitrogens with one attached hydrogen (secondary N) is 2. The lowest BCUT2D eigenvalue weighted by molar-refractivity contribution is -0.140. The highest BCUT2D eigenvalue weighted by molar-refractivity contribution is 5.99. The molecule has 0 aromatic heterocycles. The molecule has 0 spiro atoms. The van der Waals surface area contributed by atoms with E-state index in [1.807, 2.05) is 19.0 Å². The number of benzene rings is 2. The molecular weight excluding hydrogens is 636 g/mol. The molecule has 2 aromatic rings. The molecule has 2 rings (SSSR count). The summed E-state index contributed by atoms with van der Waals surface area (Å²) in [7, 11) is 5.28. The first-order valence-corrected chi connectivity index (χ1v) is 14.6. The number of carbonyl (C=O) groups is 4. The Kier molecular flexibility index (Phi) is 28.7. The molecule has 0 aliphatic rings. The zero-order chi connectivity index (χ0) is 35.6. The minimum absolute atomic E-state index is 0. The number of nitrogens with zero attached hydrogens (tertiary/aromatic N) is 4. The summed E-state index contributed by atoms with van der Waals surface area (Å²) in [6.07, 6.45) is 2.19. The third kappa shape index (κ3) is 23.0. The highest BCUT2D eigenvalue weighted by Crippen LogP contribution is 2.12. The molecular formula is C33H54N8O8. The predicted molar refractivity (Wildman–Crippen MR) is 189 cm³/mol. The molecule has 9 N–H and O–H groups in total. The highest BCUT2D eigenvalue weighted by atomic mass is 16.5. The molecule has 0 aliphatic carbocycles. The molecule has 0 heterocycles. The van der Waals surface area contributed by atoms with E-state index in [1.54, 1.807) is 29.7 Å². The Morgan fingerprint density at radius 1 is 0.878 bits per heavy atom. The van der Waals surface area contributed by atoms with E-state index in [0.717, 1.165) is 19.5 Å². The number of ether oxygens (including phenoxy) is 1. The van der Waals surface area contributed by atoms with Crippen molar-refractivity contribution in [2.45, 2.75) is 40.5 Å². The van der Waals surface area contributed by atoms with Gasteiger partial charge in [-0.2, -0.15) is 0 Å². The third-order valence-corrected chi connectivity index (χ3v) is 6.30. The number of carboxylic acids is 1. The number of carbonyl (C=O) groups excluding carboxylic acids is 3. The fourth-order valence-corrected chi connectivity index (χ4v) is 3.60. The number of nitrogens with two attached hydrogens (primary N) is 2. The van der Waals surface area contributed by atoms with Crippen molar-refractivity contribution in [2.75, 3.05) is 60.5 Å². The van der Waals surface area contributed by atoms with Crippen LogP contribution in [0.1, 0.15) is 66.8 Å². The minimum atomic E-state index is -0.971. The second kappa shape index (κ2) is 29.1. The monoisotopic (exact) mass is 690 g/mol. The van der Waals surface area contributed by atoms with Gasteiger partial charge in [0.05, 0.1) is 19.2 Å². The maximum Gasteiger partial charge on any atom is 0.335 e. The minimum Gasteiger partial charge on any atom is -0.478 e. The third-order valence-electron chi connectivity index (χ3n) is 6.30. The average molecular weight is 691 g/mol. The van der Waals surface area contributed by atoms with E-state index >= 15 is 0 Å². The number of aromatic carboxylic acids is 1. The first-order chi connectivity index (χ1) is 22.4. The Morgan fingerprint density at radius 3 is 1.86 bits per heavy atom. The average Bonchev–Trinajstić information content (AvgIpc) is 3.08. The quantitative estimate of drug-likeness (QED) is 0.0256. The largest absolute Gasteiger partial charge is 0.478 e. The van der Waals surface area contributed by atoms with Crippen molar-refractivity contribution < 1.29 is 39.4 Å². The standard InChI is InChI=1S/C15H23N5O4.C8H18N2O2.C8H5NO2.2CH4/c1-20(9-2-3-13(21)18-23)10-8-17-15(22)12-6-4-11(5-7-12)14(16)19-24;1-10(7-5-9)6-3-4-8(11)12-2;1-9-7-4-2-6(3-5-7)8(10)11;;/h4-7,23-24H,2-3,8-10H2,1H3,(H2,16,19)(H,17,22)(H,18,21);3-7,9H2,1-2H3;2-5H,(H,10,11);2*1H4. The first kappa shape index (κ1) is 48.3. The normalized spacial score (nSPS) is 10.0. The van der Waals surface area contributed by atoms with Crippen molar-refractivity contribution in [1.82, 2.24) is 20.6 Å². The lowest BCUT2D eigenvalue weighted by atomic mass is 10.1. The van der Waals surface area contributed by atoms with Crippen molar-refractivity contribution in [3.63, 3.8) is 0 Å². The summed E-state index contributed by atoms with van der Waals surface area (Å²) in [4.78, 5) is 51.1. The number of methoxy groups -OCH3 is 1. The molecule has 0 aliphatic heterocycles.